The number of nitrogens with two attached hydrogens (primary N) is 1. The summed E-state index contributed by atoms with van der Waals surface area (Å²) in [5, 5.41) is 10.1. The van der Waals surface area contributed by atoms with Crippen molar-refractivity contribution in [3.05, 3.63) is 42.1 Å². The lowest BCUT2D eigenvalue weighted by Gasteiger charge is -2.06. The van der Waals surface area contributed by atoms with Gasteiger partial charge in [0.1, 0.15) is 0 Å². The van der Waals surface area contributed by atoms with Gasteiger partial charge in [0.15, 0.2) is 5.17 Å². The van der Waals surface area contributed by atoms with Crippen molar-refractivity contribution < 1.29 is 0 Å². The van der Waals surface area contributed by atoms with Gasteiger partial charge >= 0.3 is 0 Å². The molecule has 21 heavy (non-hydrogen) atoms. The lowest BCUT2D eigenvalue weighted by molar-refractivity contribution is 0.790. The molecule has 0 saturated carbocycles. The Balaban J connectivity index is 2.02. The van der Waals surface area contributed by atoms with E-state index in [2.05, 4.69) is 29.0 Å². The van der Waals surface area contributed by atoms with Crippen molar-refractivity contribution in [3.8, 4) is 0 Å². The van der Waals surface area contributed by atoms with Crippen LogP contribution in [0.5, 0.6) is 0 Å². The molecule has 1 atom stereocenters. The minimum atomic E-state index is 0.466. The number of hydrogen-bond acceptors (Lipinski definition) is 4. The number of para-hydroxylation sites is 1. The van der Waals surface area contributed by atoms with E-state index < -0.39 is 0 Å². The van der Waals surface area contributed by atoms with E-state index in [1.54, 1.807) is 18.0 Å². The number of pyridine rings is 1. The van der Waals surface area contributed by atoms with Crippen LogP contribution in [0.4, 0.5) is 0 Å². The van der Waals surface area contributed by atoms with Gasteiger partial charge in [-0.05, 0) is 18.6 Å². The average Bonchev–Trinajstić information content (AvgIpc) is 2.47. The Kier molecular flexibility index (Phi) is 5.75. The van der Waals surface area contributed by atoms with E-state index in [1.807, 2.05) is 36.4 Å². The molecule has 0 fully saturated rings. The predicted octanol–water partition coefficient (Wildman–Crippen LogP) is 3.81. The molecule has 0 amide bonds. The summed E-state index contributed by atoms with van der Waals surface area (Å²) in [5.41, 5.74) is 7.56. The third-order valence-electron chi connectivity index (χ3n) is 2.98. The number of nitrogens with zero attached hydrogens (tertiary/aromatic N) is 3. The molecule has 5 heteroatoms. The van der Waals surface area contributed by atoms with Gasteiger partial charge in [0.05, 0.1) is 17.4 Å². The molecule has 4 nitrogen and oxygen atoms in total. The standard InChI is InChI=1S/C16H20N4S/c1-3-6-12(2)21-16(17)20-18-11-14-10-9-13-7-4-5-8-15(13)19-14/h4-5,7-12H,3,6H2,1-2H3,(H2,17,20)/b18-11+. The molecule has 0 spiro atoms. The second-order valence-corrected chi connectivity index (χ2v) is 6.29. The van der Waals surface area contributed by atoms with E-state index in [0.29, 0.717) is 10.4 Å². The molecular weight excluding hydrogens is 280 g/mol. The Morgan fingerprint density at radius 3 is 2.95 bits per heavy atom. The lowest BCUT2D eigenvalue weighted by Crippen LogP contribution is -2.11. The maximum absolute atomic E-state index is 5.84. The molecule has 110 valence electrons. The van der Waals surface area contributed by atoms with E-state index in [0.717, 1.165) is 29.4 Å². The van der Waals surface area contributed by atoms with E-state index in [-0.39, 0.29) is 0 Å². The highest BCUT2D eigenvalue weighted by Gasteiger charge is 2.03. The molecule has 0 bridgehead atoms. The Bertz CT molecular complexity index is 652. The molecule has 0 aliphatic carbocycles. The maximum Gasteiger partial charge on any atom is 0.180 e. The summed E-state index contributed by atoms with van der Waals surface area (Å²) in [6.45, 7) is 4.30. The first-order valence-corrected chi connectivity index (χ1v) is 7.96. The van der Waals surface area contributed by atoms with Crippen LogP contribution in [0.25, 0.3) is 10.9 Å². The van der Waals surface area contributed by atoms with Gasteiger partial charge in [-0.3, -0.25) is 0 Å². The van der Waals surface area contributed by atoms with E-state index >= 15 is 0 Å². The summed E-state index contributed by atoms with van der Waals surface area (Å²) in [4.78, 5) is 4.50. The van der Waals surface area contributed by atoms with E-state index in [9.17, 15) is 0 Å². The van der Waals surface area contributed by atoms with Crippen LogP contribution in [-0.2, 0) is 0 Å². The summed E-state index contributed by atoms with van der Waals surface area (Å²) in [5.74, 6) is 0. The summed E-state index contributed by atoms with van der Waals surface area (Å²) < 4.78 is 0. The predicted molar refractivity (Wildman–Crippen MR) is 92.9 cm³/mol. The molecule has 2 rings (SSSR count). The summed E-state index contributed by atoms with van der Waals surface area (Å²) in [7, 11) is 0. The zero-order chi connectivity index (χ0) is 15.1. The molecule has 1 unspecified atom stereocenters. The van der Waals surface area contributed by atoms with Crippen LogP contribution in [0.15, 0.2) is 46.6 Å². The number of amidine groups is 1. The van der Waals surface area contributed by atoms with Crippen molar-refractivity contribution in [3.63, 3.8) is 0 Å². The highest BCUT2D eigenvalue weighted by molar-refractivity contribution is 8.14. The fraction of sp³-hybridized carbons (Fsp3) is 0.312. The average molecular weight is 300 g/mol. The van der Waals surface area contributed by atoms with Crippen LogP contribution in [-0.4, -0.2) is 21.6 Å². The summed E-state index contributed by atoms with van der Waals surface area (Å²) in [6, 6.07) is 11.9. The molecule has 0 radical (unpaired) electrons. The quantitative estimate of drug-likeness (QED) is 0.519. The Labute approximate surface area is 129 Å². The number of thioether (sulfide) groups is 1. The number of hydrogen-bond donors (Lipinski definition) is 1. The van der Waals surface area contributed by atoms with E-state index in [4.69, 9.17) is 5.73 Å². The fourth-order valence-electron chi connectivity index (χ4n) is 1.99. The van der Waals surface area contributed by atoms with Gasteiger partial charge in [-0.25, -0.2) is 4.98 Å². The molecular formula is C16H20N4S. The molecule has 1 aromatic carbocycles. The van der Waals surface area contributed by atoms with Gasteiger partial charge in [-0.15, -0.1) is 5.10 Å². The number of fused-ring (bicyclic) bond motifs is 1. The van der Waals surface area contributed by atoms with Crippen LogP contribution in [0.1, 0.15) is 32.4 Å². The lowest BCUT2D eigenvalue weighted by atomic mass is 10.2. The van der Waals surface area contributed by atoms with Crippen LogP contribution >= 0.6 is 11.8 Å². The van der Waals surface area contributed by atoms with E-state index in [1.165, 1.54) is 0 Å². The maximum atomic E-state index is 5.84. The van der Waals surface area contributed by atoms with Crippen LogP contribution < -0.4 is 5.73 Å². The largest absolute Gasteiger partial charge is 0.377 e. The minimum absolute atomic E-state index is 0.466. The van der Waals surface area contributed by atoms with Crippen LogP contribution in [0, 0.1) is 0 Å². The first kappa shape index (κ1) is 15.5. The topological polar surface area (TPSA) is 63.6 Å². The first-order chi connectivity index (χ1) is 10.2. The van der Waals surface area contributed by atoms with Crippen LogP contribution in [0.3, 0.4) is 0 Å². The second kappa shape index (κ2) is 7.78. The fourth-order valence-corrected chi connectivity index (χ4v) is 2.85. The second-order valence-electron chi connectivity index (χ2n) is 4.83. The SMILES string of the molecule is CCCC(C)S/C(N)=N/N=C/c1ccc2ccccc2n1. The highest BCUT2D eigenvalue weighted by Crippen LogP contribution is 2.15. The minimum Gasteiger partial charge on any atom is -0.377 e. The first-order valence-electron chi connectivity index (χ1n) is 7.08. The summed E-state index contributed by atoms with van der Waals surface area (Å²) >= 11 is 1.56. The number of rotatable bonds is 5. The van der Waals surface area contributed by atoms with Crippen molar-refractivity contribution in [1.82, 2.24) is 4.98 Å². The van der Waals surface area contributed by atoms with Gasteiger partial charge in [0.25, 0.3) is 0 Å². The Morgan fingerprint density at radius 1 is 1.33 bits per heavy atom. The third kappa shape index (κ3) is 4.86. The van der Waals surface area contributed by atoms with Crippen molar-refractivity contribution >= 4 is 34.0 Å². The van der Waals surface area contributed by atoms with Gasteiger partial charge < -0.3 is 5.73 Å². The molecule has 2 aromatic rings. The monoisotopic (exact) mass is 300 g/mol. The molecule has 1 aromatic heterocycles. The molecule has 0 aliphatic heterocycles. The van der Waals surface area contributed by atoms with Crippen molar-refractivity contribution in [2.75, 3.05) is 0 Å². The zero-order valence-electron chi connectivity index (χ0n) is 12.4. The zero-order valence-corrected chi connectivity index (χ0v) is 13.2. The molecule has 0 aliphatic rings. The van der Waals surface area contributed by atoms with Crippen molar-refractivity contribution in [2.45, 2.75) is 31.9 Å². The normalized spacial score (nSPS) is 13.9. The van der Waals surface area contributed by atoms with Gasteiger partial charge in [0, 0.05) is 10.6 Å². The van der Waals surface area contributed by atoms with Gasteiger partial charge in [0.2, 0.25) is 0 Å². The Hall–Kier alpha value is -1.88. The smallest absolute Gasteiger partial charge is 0.180 e. The third-order valence-corrected chi connectivity index (χ3v) is 3.94. The Morgan fingerprint density at radius 2 is 2.14 bits per heavy atom. The molecule has 0 saturated heterocycles. The van der Waals surface area contributed by atoms with Gasteiger partial charge in [-0.1, -0.05) is 56.3 Å². The van der Waals surface area contributed by atoms with Crippen molar-refractivity contribution in [1.29, 1.82) is 0 Å². The highest BCUT2D eigenvalue weighted by atomic mass is 32.2. The van der Waals surface area contributed by atoms with Gasteiger partial charge in [-0.2, -0.15) is 5.10 Å². The summed E-state index contributed by atoms with van der Waals surface area (Å²) in [6.07, 6.45) is 3.90. The number of aromatic nitrogens is 1. The molecule has 2 N–H and O–H groups in total. The van der Waals surface area contributed by atoms with Crippen LogP contribution in [0.2, 0.25) is 0 Å². The number of benzene rings is 1. The van der Waals surface area contributed by atoms with Crippen molar-refractivity contribution in [2.24, 2.45) is 15.9 Å². The molecule has 1 heterocycles.